The molecule has 0 aliphatic heterocycles. The first-order valence-corrected chi connectivity index (χ1v) is 5.86. The van der Waals surface area contributed by atoms with Gasteiger partial charge in [-0.05, 0) is 31.0 Å². The summed E-state index contributed by atoms with van der Waals surface area (Å²) >= 11 is 0. The number of nitrogens with two attached hydrogens (primary N) is 1. The van der Waals surface area contributed by atoms with Crippen LogP contribution < -0.4 is 5.73 Å². The van der Waals surface area contributed by atoms with Gasteiger partial charge in [-0.2, -0.15) is 0 Å². The third-order valence-corrected chi connectivity index (χ3v) is 3.02. The lowest BCUT2D eigenvalue weighted by molar-refractivity contribution is -0.133. The summed E-state index contributed by atoms with van der Waals surface area (Å²) in [6.45, 7) is 5.44. The van der Waals surface area contributed by atoms with Crippen molar-refractivity contribution < 1.29 is 9.18 Å². The Hall–Kier alpha value is -1.68. The minimum Gasteiger partial charge on any atom is -0.338 e. The summed E-state index contributed by atoms with van der Waals surface area (Å²) in [5, 5.41) is 0. The number of rotatable bonds is 5. The van der Waals surface area contributed by atoms with Gasteiger partial charge in [-0.25, -0.2) is 4.39 Å². The highest BCUT2D eigenvalue weighted by molar-refractivity contribution is 5.82. The first-order valence-electron chi connectivity index (χ1n) is 5.86. The van der Waals surface area contributed by atoms with Crippen LogP contribution in [0.2, 0.25) is 0 Å². The molecule has 0 aromatic heterocycles. The summed E-state index contributed by atoms with van der Waals surface area (Å²) in [7, 11) is 1.69. The monoisotopic (exact) mass is 250 g/mol. The van der Waals surface area contributed by atoms with E-state index in [4.69, 9.17) is 5.73 Å². The molecule has 1 aromatic rings. The van der Waals surface area contributed by atoms with Crippen molar-refractivity contribution >= 4 is 5.91 Å². The minimum atomic E-state index is -0.574. The predicted octanol–water partition coefficient (Wildman–Crippen LogP) is 2.25. The van der Waals surface area contributed by atoms with Crippen molar-refractivity contribution in [3.05, 3.63) is 48.3 Å². The fraction of sp³-hybridized carbons (Fsp3) is 0.357. The molecule has 0 saturated heterocycles. The third kappa shape index (κ3) is 3.40. The van der Waals surface area contributed by atoms with Crippen molar-refractivity contribution in [3.8, 4) is 0 Å². The summed E-state index contributed by atoms with van der Waals surface area (Å²) in [5.41, 5.74) is 6.62. The molecule has 4 heteroatoms. The van der Waals surface area contributed by atoms with Gasteiger partial charge in [0.05, 0.1) is 12.1 Å². The Balaban J connectivity index is 2.77. The molecule has 18 heavy (non-hydrogen) atoms. The molecule has 98 valence electrons. The molecule has 1 rings (SSSR count). The fourth-order valence-electron chi connectivity index (χ4n) is 1.70. The van der Waals surface area contributed by atoms with E-state index >= 15 is 0 Å². The molecule has 2 unspecified atom stereocenters. The van der Waals surface area contributed by atoms with Crippen molar-refractivity contribution in [1.82, 2.24) is 4.90 Å². The smallest absolute Gasteiger partial charge is 0.240 e. The van der Waals surface area contributed by atoms with Gasteiger partial charge in [-0.1, -0.05) is 18.2 Å². The number of amides is 1. The van der Waals surface area contributed by atoms with Gasteiger partial charge in [0.25, 0.3) is 0 Å². The van der Waals surface area contributed by atoms with Crippen LogP contribution in [0, 0.1) is 5.82 Å². The molecule has 0 heterocycles. The number of likely N-dealkylation sites (N-methyl/N-ethyl adjacent to an activating group) is 1. The Bertz CT molecular complexity index is 416. The molecule has 0 radical (unpaired) electrons. The average molecular weight is 250 g/mol. The quantitative estimate of drug-likeness (QED) is 0.815. The highest BCUT2D eigenvalue weighted by Gasteiger charge is 2.21. The van der Waals surface area contributed by atoms with E-state index in [1.807, 2.05) is 6.92 Å². The number of hydrogen-bond acceptors (Lipinski definition) is 2. The molecule has 0 aliphatic rings. The van der Waals surface area contributed by atoms with Gasteiger partial charge < -0.3 is 10.6 Å². The molecular formula is C14H19FN2O. The molecule has 0 aliphatic carbocycles. The first-order chi connectivity index (χ1) is 8.47. The molecule has 1 amide bonds. The van der Waals surface area contributed by atoms with Gasteiger partial charge in [0.1, 0.15) is 5.82 Å². The maximum absolute atomic E-state index is 12.8. The molecule has 1 aromatic carbocycles. The van der Waals surface area contributed by atoms with Gasteiger partial charge >= 0.3 is 0 Å². The van der Waals surface area contributed by atoms with Crippen LogP contribution in [-0.4, -0.2) is 23.9 Å². The van der Waals surface area contributed by atoms with E-state index < -0.39 is 6.04 Å². The number of carbonyl (C=O) groups is 1. The Kier molecular flexibility index (Phi) is 5.04. The van der Waals surface area contributed by atoms with Crippen LogP contribution in [0.1, 0.15) is 24.9 Å². The molecule has 2 N–H and O–H groups in total. The molecule has 0 spiro atoms. The van der Waals surface area contributed by atoms with Crippen LogP contribution in [0.25, 0.3) is 0 Å². The van der Waals surface area contributed by atoms with E-state index in [9.17, 15) is 9.18 Å². The lowest BCUT2D eigenvalue weighted by Gasteiger charge is -2.27. The summed E-state index contributed by atoms with van der Waals surface area (Å²) in [6, 6.07) is 5.39. The van der Waals surface area contributed by atoms with Crippen molar-refractivity contribution in [3.63, 3.8) is 0 Å². The van der Waals surface area contributed by atoms with Crippen molar-refractivity contribution in [1.29, 1.82) is 0 Å². The van der Waals surface area contributed by atoms with Crippen molar-refractivity contribution in [2.24, 2.45) is 5.73 Å². The summed E-state index contributed by atoms with van der Waals surface area (Å²) < 4.78 is 12.8. The Morgan fingerprint density at radius 2 is 2.06 bits per heavy atom. The number of halogens is 1. The second kappa shape index (κ2) is 6.31. The first kappa shape index (κ1) is 14.4. The summed E-state index contributed by atoms with van der Waals surface area (Å²) in [5.74, 6) is -0.435. The van der Waals surface area contributed by atoms with E-state index in [1.54, 1.807) is 30.2 Å². The normalized spacial score (nSPS) is 13.8. The predicted molar refractivity (Wildman–Crippen MR) is 70.4 cm³/mol. The highest BCUT2D eigenvalue weighted by atomic mass is 19.1. The molecule has 0 fully saturated rings. The second-order valence-corrected chi connectivity index (χ2v) is 4.31. The SMILES string of the molecule is C=CCC(N)C(=O)N(C)C(C)c1ccc(F)cc1. The van der Waals surface area contributed by atoms with Gasteiger partial charge in [-0.3, -0.25) is 4.79 Å². The zero-order chi connectivity index (χ0) is 13.7. The van der Waals surface area contributed by atoms with E-state index in [0.29, 0.717) is 6.42 Å². The zero-order valence-electron chi connectivity index (χ0n) is 10.8. The fourth-order valence-corrected chi connectivity index (χ4v) is 1.70. The van der Waals surface area contributed by atoms with Gasteiger partial charge in [0, 0.05) is 7.05 Å². The lowest BCUT2D eigenvalue weighted by Crippen LogP contribution is -2.42. The van der Waals surface area contributed by atoms with Crippen LogP contribution in [-0.2, 0) is 4.79 Å². The van der Waals surface area contributed by atoms with Gasteiger partial charge in [-0.15, -0.1) is 6.58 Å². The Morgan fingerprint density at radius 1 is 1.50 bits per heavy atom. The van der Waals surface area contributed by atoms with Crippen molar-refractivity contribution in [2.45, 2.75) is 25.4 Å². The van der Waals surface area contributed by atoms with Crippen molar-refractivity contribution in [2.75, 3.05) is 7.05 Å². The topological polar surface area (TPSA) is 46.3 Å². The number of benzene rings is 1. The van der Waals surface area contributed by atoms with E-state index in [2.05, 4.69) is 6.58 Å². The molecule has 3 nitrogen and oxygen atoms in total. The van der Waals surface area contributed by atoms with Gasteiger partial charge in [0.15, 0.2) is 0 Å². The lowest BCUT2D eigenvalue weighted by atomic mass is 10.1. The number of carbonyl (C=O) groups excluding carboxylic acids is 1. The Morgan fingerprint density at radius 3 is 2.56 bits per heavy atom. The number of nitrogens with zero attached hydrogens (tertiary/aromatic N) is 1. The molecule has 2 atom stereocenters. The van der Waals surface area contributed by atoms with E-state index in [-0.39, 0.29) is 17.8 Å². The Labute approximate surface area is 107 Å². The van der Waals surface area contributed by atoms with Crippen LogP contribution in [0.5, 0.6) is 0 Å². The van der Waals surface area contributed by atoms with Crippen LogP contribution in [0.3, 0.4) is 0 Å². The van der Waals surface area contributed by atoms with Crippen LogP contribution >= 0.6 is 0 Å². The average Bonchev–Trinajstić information content (AvgIpc) is 2.37. The van der Waals surface area contributed by atoms with Crippen LogP contribution in [0.15, 0.2) is 36.9 Å². The largest absolute Gasteiger partial charge is 0.338 e. The maximum Gasteiger partial charge on any atom is 0.240 e. The third-order valence-electron chi connectivity index (χ3n) is 3.02. The summed E-state index contributed by atoms with van der Waals surface area (Å²) in [4.78, 5) is 13.6. The van der Waals surface area contributed by atoms with E-state index in [1.165, 1.54) is 12.1 Å². The standard InChI is InChI=1S/C14H19FN2O/c1-4-5-13(16)14(18)17(3)10(2)11-6-8-12(15)9-7-11/h4,6-10,13H,1,5,16H2,2-3H3. The maximum atomic E-state index is 12.8. The minimum absolute atomic E-state index is 0.144. The molecular weight excluding hydrogens is 231 g/mol. The summed E-state index contributed by atoms with van der Waals surface area (Å²) in [6.07, 6.45) is 2.07. The molecule has 0 saturated carbocycles. The van der Waals surface area contributed by atoms with Gasteiger partial charge in [0.2, 0.25) is 5.91 Å². The zero-order valence-corrected chi connectivity index (χ0v) is 10.8. The van der Waals surface area contributed by atoms with Crippen LogP contribution in [0.4, 0.5) is 4.39 Å². The molecule has 0 bridgehead atoms. The number of hydrogen-bond donors (Lipinski definition) is 1. The highest BCUT2D eigenvalue weighted by Crippen LogP contribution is 2.19. The second-order valence-electron chi connectivity index (χ2n) is 4.31. The van der Waals surface area contributed by atoms with E-state index in [0.717, 1.165) is 5.56 Å².